The number of esters is 2. The van der Waals surface area contributed by atoms with Crippen molar-refractivity contribution in [3.63, 3.8) is 0 Å². The van der Waals surface area contributed by atoms with Gasteiger partial charge in [-0.15, -0.1) is 0 Å². The van der Waals surface area contributed by atoms with Crippen LogP contribution >= 0.6 is 35.1 Å². The Morgan fingerprint density at radius 1 is 1.00 bits per heavy atom. The third-order valence-corrected chi connectivity index (χ3v) is 8.33. The van der Waals surface area contributed by atoms with Gasteiger partial charge in [0, 0.05) is 25.1 Å². The van der Waals surface area contributed by atoms with Crippen LogP contribution in [0.2, 0.25) is 10.0 Å². The molecule has 1 unspecified atom stereocenters. The van der Waals surface area contributed by atoms with Crippen molar-refractivity contribution in [2.75, 3.05) is 30.8 Å². The van der Waals surface area contributed by atoms with Gasteiger partial charge in [-0.25, -0.2) is 9.18 Å². The number of hydrogen-bond acceptors (Lipinski definition) is 9. The fourth-order valence-corrected chi connectivity index (χ4v) is 5.26. The lowest BCUT2D eigenvalue weighted by molar-refractivity contribution is -0.150. The summed E-state index contributed by atoms with van der Waals surface area (Å²) in [5.74, 6) is -0.105. The van der Waals surface area contributed by atoms with E-state index in [1.807, 2.05) is 6.26 Å². The standard InChI is InChI=1S/C32H33Cl2FN2O6S/c1-44-37-27-9-7-22(13-30(27)42-18-20-4-5-20)32(39)40-11-10-31(38)43-28(14-23-24(33)15-36-16-25(23)34)21-6-8-26(35)29(12-21)41-17-19-2-3-19/h6-9,12-13,15-16,19-20,28,37H,2-5,10-11,14,17-18H2,1H3. The van der Waals surface area contributed by atoms with Gasteiger partial charge in [-0.2, -0.15) is 0 Å². The summed E-state index contributed by atoms with van der Waals surface area (Å²) < 4.78 is 40.5. The smallest absolute Gasteiger partial charge is 0.338 e. The van der Waals surface area contributed by atoms with Crippen LogP contribution in [0.5, 0.6) is 11.5 Å². The Balaban J connectivity index is 1.23. The molecule has 2 aromatic carbocycles. The summed E-state index contributed by atoms with van der Waals surface area (Å²) in [7, 11) is 0. The lowest BCUT2D eigenvalue weighted by Gasteiger charge is -2.21. The lowest BCUT2D eigenvalue weighted by atomic mass is 10.0. The minimum Gasteiger partial charge on any atom is -0.491 e. The topological polar surface area (TPSA) is 96.0 Å². The second kappa shape index (κ2) is 15.2. The van der Waals surface area contributed by atoms with E-state index in [4.69, 9.17) is 42.1 Å². The van der Waals surface area contributed by atoms with Crippen LogP contribution in [-0.2, 0) is 20.7 Å². The van der Waals surface area contributed by atoms with Crippen molar-refractivity contribution in [2.24, 2.45) is 11.8 Å². The van der Waals surface area contributed by atoms with Gasteiger partial charge in [0.2, 0.25) is 0 Å². The Hall–Kier alpha value is -3.21. The Labute approximate surface area is 270 Å². The largest absolute Gasteiger partial charge is 0.491 e. The molecule has 1 N–H and O–H groups in total. The van der Waals surface area contributed by atoms with E-state index in [9.17, 15) is 14.0 Å². The van der Waals surface area contributed by atoms with Crippen molar-refractivity contribution in [2.45, 2.75) is 44.6 Å². The summed E-state index contributed by atoms with van der Waals surface area (Å²) in [6, 6.07) is 9.36. The predicted molar refractivity (Wildman–Crippen MR) is 168 cm³/mol. The Morgan fingerprint density at radius 2 is 1.68 bits per heavy atom. The fraction of sp³-hybridized carbons (Fsp3) is 0.406. The minimum atomic E-state index is -0.873. The molecule has 0 spiro atoms. The number of nitrogens with one attached hydrogen (secondary N) is 1. The van der Waals surface area contributed by atoms with Gasteiger partial charge in [0.1, 0.15) is 18.5 Å². The van der Waals surface area contributed by atoms with Crippen LogP contribution in [0.3, 0.4) is 0 Å². The highest BCUT2D eigenvalue weighted by Gasteiger charge is 2.26. The fourth-order valence-electron chi connectivity index (χ4n) is 4.35. The third kappa shape index (κ3) is 9.15. The average molecular weight is 664 g/mol. The normalized spacial score (nSPS) is 14.9. The van der Waals surface area contributed by atoms with Gasteiger partial charge in [0.05, 0.1) is 40.9 Å². The Morgan fingerprint density at radius 3 is 2.34 bits per heavy atom. The van der Waals surface area contributed by atoms with Gasteiger partial charge in [-0.05, 0) is 79.0 Å². The molecule has 0 bridgehead atoms. The van der Waals surface area contributed by atoms with E-state index in [-0.39, 0.29) is 25.2 Å². The van der Waals surface area contributed by atoms with E-state index in [0.717, 1.165) is 31.4 Å². The highest BCUT2D eigenvalue weighted by atomic mass is 35.5. The number of rotatable bonds is 16. The van der Waals surface area contributed by atoms with E-state index in [0.29, 0.717) is 57.5 Å². The van der Waals surface area contributed by atoms with Crippen LogP contribution in [0.1, 0.15) is 59.7 Å². The zero-order chi connectivity index (χ0) is 31.1. The van der Waals surface area contributed by atoms with Gasteiger partial charge >= 0.3 is 11.9 Å². The molecule has 0 aliphatic heterocycles. The highest BCUT2D eigenvalue weighted by molar-refractivity contribution is 7.99. The van der Waals surface area contributed by atoms with Crippen LogP contribution in [0.15, 0.2) is 48.8 Å². The quantitative estimate of drug-likeness (QED) is 0.121. The summed E-state index contributed by atoms with van der Waals surface area (Å²) in [5, 5.41) is 0.609. The molecule has 1 atom stereocenters. The molecule has 1 aromatic heterocycles. The van der Waals surface area contributed by atoms with E-state index in [2.05, 4.69) is 9.71 Å². The van der Waals surface area contributed by atoms with Crippen LogP contribution < -0.4 is 14.2 Å². The molecule has 5 rings (SSSR count). The molecule has 44 heavy (non-hydrogen) atoms. The highest BCUT2D eigenvalue weighted by Crippen LogP contribution is 2.35. The van der Waals surface area contributed by atoms with Crippen molar-refractivity contribution in [3.05, 3.63) is 81.3 Å². The zero-order valence-electron chi connectivity index (χ0n) is 24.2. The Kier molecular flexibility index (Phi) is 11.1. The molecule has 234 valence electrons. The lowest BCUT2D eigenvalue weighted by Crippen LogP contribution is -2.17. The first-order valence-corrected chi connectivity index (χ1v) is 16.4. The van der Waals surface area contributed by atoms with E-state index >= 15 is 0 Å². The number of halogens is 3. The van der Waals surface area contributed by atoms with Crippen molar-refractivity contribution in [1.29, 1.82) is 0 Å². The van der Waals surface area contributed by atoms with Gasteiger partial charge in [0.15, 0.2) is 11.6 Å². The zero-order valence-corrected chi connectivity index (χ0v) is 26.5. The van der Waals surface area contributed by atoms with E-state index in [1.165, 1.54) is 42.5 Å². The molecule has 2 fully saturated rings. The summed E-state index contributed by atoms with van der Waals surface area (Å²) in [5.41, 5.74) is 2.10. The maximum Gasteiger partial charge on any atom is 0.338 e. The van der Waals surface area contributed by atoms with Crippen LogP contribution in [0, 0.1) is 17.7 Å². The SMILES string of the molecule is CSNc1ccc(C(=O)OCCC(=O)OC(Cc2c(Cl)cncc2Cl)c2ccc(F)c(OCC3CC3)c2)cc1OCC1CC1. The molecule has 12 heteroatoms. The third-order valence-electron chi connectivity index (χ3n) is 7.25. The second-order valence-corrected chi connectivity index (χ2v) is 12.3. The van der Waals surface area contributed by atoms with Gasteiger partial charge in [-0.1, -0.05) is 41.2 Å². The number of pyridine rings is 1. The monoisotopic (exact) mass is 662 g/mol. The first-order valence-electron chi connectivity index (χ1n) is 14.4. The number of carbonyl (C=O) groups is 2. The maximum absolute atomic E-state index is 14.5. The number of anilines is 1. The average Bonchev–Trinajstić information content (AvgIpc) is 3.94. The van der Waals surface area contributed by atoms with Gasteiger partial charge in [0.25, 0.3) is 0 Å². The molecular formula is C32H33Cl2FN2O6S. The number of carbonyl (C=O) groups excluding carboxylic acids is 2. The van der Waals surface area contributed by atoms with Crippen molar-refractivity contribution >= 4 is 52.8 Å². The summed E-state index contributed by atoms with van der Waals surface area (Å²) >= 11 is 14.1. The first-order chi connectivity index (χ1) is 21.3. The minimum absolute atomic E-state index is 0.0792. The molecule has 0 amide bonds. The first kappa shape index (κ1) is 32.2. The molecule has 1 heterocycles. The molecular weight excluding hydrogens is 630 g/mol. The predicted octanol–water partition coefficient (Wildman–Crippen LogP) is 7.87. The molecule has 0 radical (unpaired) electrons. The van der Waals surface area contributed by atoms with E-state index < -0.39 is 23.9 Å². The second-order valence-electron chi connectivity index (χ2n) is 10.9. The van der Waals surface area contributed by atoms with E-state index in [1.54, 1.807) is 18.2 Å². The van der Waals surface area contributed by atoms with Crippen molar-refractivity contribution < 1.29 is 32.9 Å². The summed E-state index contributed by atoms with van der Waals surface area (Å²) in [6.07, 6.45) is 8.22. The summed E-state index contributed by atoms with van der Waals surface area (Å²) in [6.45, 7) is 0.805. The number of hydrogen-bond donors (Lipinski definition) is 1. The van der Waals surface area contributed by atoms with Crippen molar-refractivity contribution in [3.8, 4) is 11.5 Å². The number of benzene rings is 2. The molecule has 3 aromatic rings. The van der Waals surface area contributed by atoms with Crippen LogP contribution in [0.25, 0.3) is 0 Å². The number of aromatic nitrogens is 1. The molecule has 2 aliphatic rings. The van der Waals surface area contributed by atoms with Gasteiger partial charge < -0.3 is 23.7 Å². The Bertz CT molecular complexity index is 1470. The molecule has 8 nitrogen and oxygen atoms in total. The molecule has 0 saturated heterocycles. The molecule has 2 saturated carbocycles. The van der Waals surface area contributed by atoms with Crippen molar-refractivity contribution in [1.82, 2.24) is 4.98 Å². The van der Waals surface area contributed by atoms with Crippen LogP contribution in [0.4, 0.5) is 10.1 Å². The summed E-state index contributed by atoms with van der Waals surface area (Å²) in [4.78, 5) is 29.8. The molecule has 2 aliphatic carbocycles. The number of ether oxygens (including phenoxy) is 4. The number of nitrogens with zero attached hydrogens (tertiary/aromatic N) is 1. The van der Waals surface area contributed by atoms with Gasteiger partial charge in [-0.3, -0.25) is 9.78 Å². The van der Waals surface area contributed by atoms with Crippen LogP contribution in [-0.4, -0.2) is 43.0 Å². The maximum atomic E-state index is 14.5.